The molecule has 0 aromatic carbocycles. The number of hydrogen-bond acceptors (Lipinski definition) is 6. The van der Waals surface area contributed by atoms with Crippen molar-refractivity contribution >= 4 is 23.8 Å². The van der Waals surface area contributed by atoms with E-state index in [0.717, 1.165) is 0 Å². The van der Waals surface area contributed by atoms with Crippen molar-refractivity contribution in [3.05, 3.63) is 0 Å². The SMILES string of the molecule is C[C@H](CNC(=O)[C@]12CC[C@@](C)(C(=O)O1)C2(C)C)NC(=O)[C@@]12CC[C@@](C)(C(=O)O1)C2(C)C. The quantitative estimate of drug-likeness (QED) is 0.639. The van der Waals surface area contributed by atoms with Gasteiger partial charge < -0.3 is 20.1 Å². The molecular weight excluding hydrogens is 400 g/mol. The summed E-state index contributed by atoms with van der Waals surface area (Å²) in [6, 6.07) is -0.391. The third-order valence-electron chi connectivity index (χ3n) is 9.85. The van der Waals surface area contributed by atoms with Gasteiger partial charge in [0.25, 0.3) is 11.8 Å². The topological polar surface area (TPSA) is 111 Å². The second-order valence-corrected chi connectivity index (χ2v) is 11.4. The highest BCUT2D eigenvalue weighted by Crippen LogP contribution is 2.66. The lowest BCUT2D eigenvalue weighted by molar-refractivity contribution is -0.169. The maximum Gasteiger partial charge on any atom is 0.313 e. The third kappa shape index (κ3) is 2.26. The second-order valence-electron chi connectivity index (χ2n) is 11.4. The molecule has 172 valence electrons. The summed E-state index contributed by atoms with van der Waals surface area (Å²) in [4.78, 5) is 51.1. The molecule has 0 unspecified atom stereocenters. The summed E-state index contributed by atoms with van der Waals surface area (Å²) in [6.07, 6.45) is 2.19. The van der Waals surface area contributed by atoms with Gasteiger partial charge in [-0.2, -0.15) is 0 Å². The number of esters is 2. The summed E-state index contributed by atoms with van der Waals surface area (Å²) in [5, 5.41) is 5.79. The first kappa shape index (κ1) is 22.1. The summed E-state index contributed by atoms with van der Waals surface area (Å²) in [5.41, 5.74) is -4.96. The van der Waals surface area contributed by atoms with Crippen molar-refractivity contribution in [1.29, 1.82) is 0 Å². The van der Waals surface area contributed by atoms with Crippen LogP contribution in [0.15, 0.2) is 0 Å². The van der Waals surface area contributed by atoms with Crippen LogP contribution in [0.2, 0.25) is 0 Å². The van der Waals surface area contributed by atoms with Gasteiger partial charge in [-0.1, -0.05) is 27.7 Å². The molecule has 0 radical (unpaired) electrons. The molecule has 31 heavy (non-hydrogen) atoms. The molecule has 2 saturated heterocycles. The van der Waals surface area contributed by atoms with Crippen molar-refractivity contribution in [2.45, 2.75) is 91.4 Å². The lowest BCUT2D eigenvalue weighted by atomic mass is 9.66. The first-order valence-corrected chi connectivity index (χ1v) is 11.2. The van der Waals surface area contributed by atoms with Crippen LogP contribution in [0.3, 0.4) is 0 Å². The van der Waals surface area contributed by atoms with E-state index in [1.807, 2.05) is 41.5 Å². The van der Waals surface area contributed by atoms with E-state index in [4.69, 9.17) is 9.47 Å². The molecule has 2 heterocycles. The molecule has 8 heteroatoms. The first-order chi connectivity index (χ1) is 14.1. The van der Waals surface area contributed by atoms with Gasteiger partial charge in [0.2, 0.25) is 0 Å². The largest absolute Gasteiger partial charge is 0.448 e. The average Bonchev–Trinajstić information content (AvgIpc) is 3.14. The van der Waals surface area contributed by atoms with Crippen LogP contribution in [-0.2, 0) is 28.7 Å². The van der Waals surface area contributed by atoms with E-state index in [-0.39, 0.29) is 30.3 Å². The Morgan fingerprint density at radius 1 is 0.806 bits per heavy atom. The van der Waals surface area contributed by atoms with E-state index < -0.39 is 38.9 Å². The molecule has 2 aliphatic heterocycles. The lowest BCUT2D eigenvalue weighted by Crippen LogP contribution is -2.58. The number of hydrogen-bond donors (Lipinski definition) is 2. The van der Waals surface area contributed by atoms with Crippen LogP contribution in [0.1, 0.15) is 74.1 Å². The molecule has 2 N–H and O–H groups in total. The summed E-state index contributed by atoms with van der Waals surface area (Å²) in [6.45, 7) is 13.3. The third-order valence-corrected chi connectivity index (χ3v) is 9.85. The zero-order chi connectivity index (χ0) is 23.3. The van der Waals surface area contributed by atoms with Crippen LogP contribution >= 0.6 is 0 Å². The Balaban J connectivity index is 1.41. The van der Waals surface area contributed by atoms with Gasteiger partial charge in [-0.15, -0.1) is 0 Å². The van der Waals surface area contributed by atoms with Gasteiger partial charge in [-0.05, 0) is 46.5 Å². The highest BCUT2D eigenvalue weighted by Gasteiger charge is 2.76. The van der Waals surface area contributed by atoms with Gasteiger partial charge in [0.1, 0.15) is 0 Å². The molecule has 8 nitrogen and oxygen atoms in total. The molecule has 0 spiro atoms. The van der Waals surface area contributed by atoms with Gasteiger partial charge in [0, 0.05) is 23.4 Å². The summed E-state index contributed by atoms with van der Waals surface area (Å²) in [7, 11) is 0. The van der Waals surface area contributed by atoms with Crippen molar-refractivity contribution in [2.24, 2.45) is 21.7 Å². The molecule has 5 atom stereocenters. The molecule has 4 bridgehead atoms. The van der Waals surface area contributed by atoms with Crippen LogP contribution < -0.4 is 10.6 Å². The molecule has 4 rings (SSSR count). The van der Waals surface area contributed by atoms with Crippen molar-refractivity contribution < 1.29 is 28.7 Å². The fraction of sp³-hybridized carbons (Fsp3) is 0.826. The Bertz CT molecular complexity index is 896. The van der Waals surface area contributed by atoms with Gasteiger partial charge in [-0.25, -0.2) is 0 Å². The molecule has 0 aromatic heterocycles. The zero-order valence-corrected chi connectivity index (χ0v) is 19.6. The van der Waals surface area contributed by atoms with Crippen molar-refractivity contribution in [1.82, 2.24) is 10.6 Å². The van der Waals surface area contributed by atoms with Crippen LogP contribution in [0.4, 0.5) is 0 Å². The second kappa shape index (κ2) is 6.01. The fourth-order valence-electron chi connectivity index (χ4n) is 6.27. The minimum absolute atomic E-state index is 0.179. The highest BCUT2D eigenvalue weighted by atomic mass is 16.6. The van der Waals surface area contributed by atoms with E-state index in [9.17, 15) is 19.2 Å². The summed E-state index contributed by atoms with van der Waals surface area (Å²) < 4.78 is 11.2. The number of carbonyl (C=O) groups excluding carboxylic acids is 4. The number of carbonyl (C=O) groups is 4. The first-order valence-electron chi connectivity index (χ1n) is 11.2. The van der Waals surface area contributed by atoms with Crippen LogP contribution in [-0.4, -0.2) is 47.5 Å². The zero-order valence-electron chi connectivity index (χ0n) is 19.6. The Labute approximate surface area is 183 Å². The molecule has 0 aromatic rings. The van der Waals surface area contributed by atoms with Crippen molar-refractivity contribution in [3.63, 3.8) is 0 Å². The van der Waals surface area contributed by atoms with Crippen molar-refractivity contribution in [3.8, 4) is 0 Å². The van der Waals surface area contributed by atoms with E-state index in [1.54, 1.807) is 6.92 Å². The molecule has 4 aliphatic rings. The lowest BCUT2D eigenvalue weighted by Gasteiger charge is -2.37. The van der Waals surface area contributed by atoms with Gasteiger partial charge in [-0.3, -0.25) is 19.2 Å². The average molecular weight is 435 g/mol. The smallest absolute Gasteiger partial charge is 0.313 e. The predicted molar refractivity (Wildman–Crippen MR) is 111 cm³/mol. The number of fused-ring (bicyclic) bond motifs is 4. The molecule has 4 fully saturated rings. The molecule has 2 amide bonds. The van der Waals surface area contributed by atoms with E-state index in [2.05, 4.69) is 10.6 Å². The summed E-state index contributed by atoms with van der Waals surface area (Å²) >= 11 is 0. The van der Waals surface area contributed by atoms with Crippen LogP contribution in [0, 0.1) is 21.7 Å². The predicted octanol–water partition coefficient (Wildman–Crippen LogP) is 1.85. The van der Waals surface area contributed by atoms with E-state index in [0.29, 0.717) is 25.7 Å². The monoisotopic (exact) mass is 434 g/mol. The fourth-order valence-corrected chi connectivity index (χ4v) is 6.27. The molecule has 2 aliphatic carbocycles. The molecular formula is C23H34N2O6. The van der Waals surface area contributed by atoms with E-state index in [1.165, 1.54) is 0 Å². The Kier molecular flexibility index (Phi) is 4.28. The Morgan fingerprint density at radius 3 is 1.58 bits per heavy atom. The van der Waals surface area contributed by atoms with E-state index >= 15 is 0 Å². The van der Waals surface area contributed by atoms with Crippen LogP contribution in [0.25, 0.3) is 0 Å². The van der Waals surface area contributed by atoms with Crippen molar-refractivity contribution in [2.75, 3.05) is 6.54 Å². The number of nitrogens with one attached hydrogen (secondary N) is 2. The van der Waals surface area contributed by atoms with Crippen LogP contribution in [0.5, 0.6) is 0 Å². The van der Waals surface area contributed by atoms with Gasteiger partial charge in [0.15, 0.2) is 11.2 Å². The maximum atomic E-state index is 13.2. The van der Waals surface area contributed by atoms with Gasteiger partial charge >= 0.3 is 11.9 Å². The maximum absolute atomic E-state index is 13.2. The number of rotatable bonds is 5. The van der Waals surface area contributed by atoms with Gasteiger partial charge in [0.05, 0.1) is 10.8 Å². The minimum atomic E-state index is -1.19. The number of ether oxygens (including phenoxy) is 2. The number of amides is 2. The normalized spacial score (nSPS) is 42.2. The summed E-state index contributed by atoms with van der Waals surface area (Å²) in [5.74, 6) is -1.30. The highest BCUT2D eigenvalue weighted by molar-refractivity contribution is 5.97. The Morgan fingerprint density at radius 2 is 1.23 bits per heavy atom. The standard InChI is InChI=1S/C23H34N2O6/c1-13(25-15(27)23-11-9-21(7,17(29)31-23)19(23,4)5)12-24-14(26)22-10-8-20(6,16(28)30-22)18(22,2)3/h13H,8-12H2,1-7H3,(H,24,26)(H,25,27)/t13-,20+,21+,22+,23-/m1/s1. The Hall–Kier alpha value is -2.12. The minimum Gasteiger partial charge on any atom is -0.448 e. The molecule has 2 saturated carbocycles.